The third-order valence-electron chi connectivity index (χ3n) is 3.26. The van der Waals surface area contributed by atoms with Crippen LogP contribution in [0.4, 0.5) is 0 Å². The summed E-state index contributed by atoms with van der Waals surface area (Å²) in [5.41, 5.74) is 6.38. The number of hydrogen-bond acceptors (Lipinski definition) is 4. The molecule has 1 aromatic heterocycles. The molecular weight excluding hydrogens is 206 g/mol. The summed E-state index contributed by atoms with van der Waals surface area (Å²) < 4.78 is 4.68. The highest BCUT2D eigenvalue weighted by atomic mass is 16.5. The van der Waals surface area contributed by atoms with Crippen molar-refractivity contribution in [1.82, 2.24) is 10.1 Å². The zero-order chi connectivity index (χ0) is 11.5. The van der Waals surface area contributed by atoms with Crippen LogP contribution in [-0.4, -0.2) is 35.1 Å². The Hall–Kier alpha value is -1.36. The van der Waals surface area contributed by atoms with E-state index in [4.69, 9.17) is 5.73 Å². The second-order valence-corrected chi connectivity index (χ2v) is 4.26. The summed E-state index contributed by atoms with van der Waals surface area (Å²) in [5, 5.41) is 3.66. The van der Waals surface area contributed by atoms with Crippen molar-refractivity contribution in [2.45, 2.75) is 25.8 Å². The van der Waals surface area contributed by atoms with E-state index in [-0.39, 0.29) is 11.9 Å². The Kier molecular flexibility index (Phi) is 3.24. The Morgan fingerprint density at radius 2 is 2.56 bits per heavy atom. The van der Waals surface area contributed by atoms with Crippen LogP contribution in [0.25, 0.3) is 0 Å². The molecule has 0 saturated carbocycles. The van der Waals surface area contributed by atoms with E-state index in [9.17, 15) is 4.79 Å². The molecule has 2 unspecified atom stereocenters. The summed E-state index contributed by atoms with van der Waals surface area (Å²) in [6.45, 7) is 3.54. The highest BCUT2D eigenvalue weighted by Gasteiger charge is 2.29. The molecule has 1 aliphatic rings. The minimum atomic E-state index is -0.0564. The fourth-order valence-corrected chi connectivity index (χ4v) is 2.15. The lowest BCUT2D eigenvalue weighted by Gasteiger charge is -2.36. The Labute approximate surface area is 94.6 Å². The van der Waals surface area contributed by atoms with Gasteiger partial charge in [0.1, 0.15) is 6.26 Å². The fourth-order valence-electron chi connectivity index (χ4n) is 2.15. The molecule has 16 heavy (non-hydrogen) atoms. The number of carbonyl (C=O) groups is 1. The first-order chi connectivity index (χ1) is 7.72. The minimum Gasteiger partial charge on any atom is -0.364 e. The number of nitrogens with zero attached hydrogens (tertiary/aromatic N) is 2. The standard InChI is InChI=1S/C11H17N3O2/c1-2-8-7-14(5-3-9(8)12)11(15)10-4-6-16-13-10/h4,6,8-9H,2-3,5,7,12H2,1H3. The maximum Gasteiger partial charge on any atom is 0.276 e. The largest absolute Gasteiger partial charge is 0.364 e. The number of hydrogen-bond donors (Lipinski definition) is 1. The molecule has 5 heteroatoms. The van der Waals surface area contributed by atoms with Crippen LogP contribution in [0.15, 0.2) is 16.9 Å². The van der Waals surface area contributed by atoms with Gasteiger partial charge >= 0.3 is 0 Å². The van der Waals surface area contributed by atoms with Crippen LogP contribution >= 0.6 is 0 Å². The zero-order valence-corrected chi connectivity index (χ0v) is 9.43. The molecule has 5 nitrogen and oxygen atoms in total. The van der Waals surface area contributed by atoms with Crippen LogP contribution in [0.3, 0.4) is 0 Å². The Bertz CT molecular complexity index is 350. The first-order valence-electron chi connectivity index (χ1n) is 5.67. The predicted octanol–water partition coefficient (Wildman–Crippen LogP) is 0.874. The van der Waals surface area contributed by atoms with Crippen molar-refractivity contribution in [3.8, 4) is 0 Å². The molecule has 1 aromatic rings. The lowest BCUT2D eigenvalue weighted by atomic mass is 9.90. The van der Waals surface area contributed by atoms with Gasteiger partial charge in [0.2, 0.25) is 0 Å². The molecule has 88 valence electrons. The van der Waals surface area contributed by atoms with Crippen molar-refractivity contribution in [1.29, 1.82) is 0 Å². The normalized spacial score (nSPS) is 25.8. The van der Waals surface area contributed by atoms with Crippen molar-refractivity contribution >= 4 is 5.91 Å². The molecular formula is C11H17N3O2. The monoisotopic (exact) mass is 223 g/mol. The number of nitrogens with two attached hydrogens (primary N) is 1. The van der Waals surface area contributed by atoms with Gasteiger partial charge in [-0.05, 0) is 12.3 Å². The molecule has 2 rings (SSSR count). The lowest BCUT2D eigenvalue weighted by Crippen LogP contribution is -2.49. The Balaban J connectivity index is 2.03. The van der Waals surface area contributed by atoms with Crippen LogP contribution in [-0.2, 0) is 0 Å². The Morgan fingerprint density at radius 1 is 1.75 bits per heavy atom. The first-order valence-corrected chi connectivity index (χ1v) is 5.67. The van der Waals surface area contributed by atoms with Crippen molar-refractivity contribution in [2.75, 3.05) is 13.1 Å². The number of carbonyl (C=O) groups excluding carboxylic acids is 1. The fraction of sp³-hybridized carbons (Fsp3) is 0.636. The summed E-state index contributed by atoms with van der Waals surface area (Å²) in [7, 11) is 0. The van der Waals surface area contributed by atoms with E-state index in [0.717, 1.165) is 19.4 Å². The van der Waals surface area contributed by atoms with E-state index in [1.54, 1.807) is 6.07 Å². The summed E-state index contributed by atoms with van der Waals surface area (Å²) in [6.07, 6.45) is 3.28. The van der Waals surface area contributed by atoms with Gasteiger partial charge < -0.3 is 15.2 Å². The SMILES string of the molecule is CCC1CN(C(=O)c2ccon2)CCC1N. The maximum absolute atomic E-state index is 12.0. The number of piperidine rings is 1. The van der Waals surface area contributed by atoms with Crippen LogP contribution < -0.4 is 5.73 Å². The number of aromatic nitrogens is 1. The molecule has 2 N–H and O–H groups in total. The lowest BCUT2D eigenvalue weighted by molar-refractivity contribution is 0.0639. The van der Waals surface area contributed by atoms with Crippen molar-refractivity contribution in [2.24, 2.45) is 11.7 Å². The zero-order valence-electron chi connectivity index (χ0n) is 9.43. The summed E-state index contributed by atoms with van der Waals surface area (Å²) in [5.74, 6) is 0.337. The number of rotatable bonds is 2. The first kappa shape index (κ1) is 11.1. The third-order valence-corrected chi connectivity index (χ3v) is 3.26. The van der Waals surface area contributed by atoms with Crippen molar-refractivity contribution in [3.63, 3.8) is 0 Å². The predicted molar refractivity (Wildman–Crippen MR) is 58.8 cm³/mol. The second-order valence-electron chi connectivity index (χ2n) is 4.26. The molecule has 1 amide bonds. The van der Waals surface area contributed by atoms with Gasteiger partial charge in [-0.2, -0.15) is 0 Å². The van der Waals surface area contributed by atoms with Gasteiger partial charge in [-0.1, -0.05) is 18.5 Å². The molecule has 1 fully saturated rings. The van der Waals surface area contributed by atoms with E-state index in [0.29, 0.717) is 18.2 Å². The van der Waals surface area contributed by atoms with E-state index >= 15 is 0 Å². The van der Waals surface area contributed by atoms with Crippen molar-refractivity contribution < 1.29 is 9.32 Å². The highest BCUT2D eigenvalue weighted by molar-refractivity contribution is 5.92. The van der Waals surface area contributed by atoms with Gasteiger partial charge in [-0.15, -0.1) is 0 Å². The summed E-state index contributed by atoms with van der Waals surface area (Å²) in [4.78, 5) is 13.8. The van der Waals surface area contributed by atoms with Crippen LogP contribution in [0.5, 0.6) is 0 Å². The smallest absolute Gasteiger partial charge is 0.276 e. The molecule has 1 saturated heterocycles. The molecule has 2 heterocycles. The average Bonchev–Trinajstić information content (AvgIpc) is 2.82. The van der Waals surface area contributed by atoms with E-state index in [1.807, 2.05) is 4.90 Å². The quantitative estimate of drug-likeness (QED) is 0.807. The number of likely N-dealkylation sites (tertiary alicyclic amines) is 1. The van der Waals surface area contributed by atoms with Gasteiger partial charge in [0.05, 0.1) is 0 Å². The van der Waals surface area contributed by atoms with Gasteiger partial charge in [0.15, 0.2) is 5.69 Å². The average molecular weight is 223 g/mol. The highest BCUT2D eigenvalue weighted by Crippen LogP contribution is 2.19. The van der Waals surface area contributed by atoms with Crippen LogP contribution in [0.1, 0.15) is 30.3 Å². The topological polar surface area (TPSA) is 72.4 Å². The van der Waals surface area contributed by atoms with Crippen molar-refractivity contribution in [3.05, 3.63) is 18.0 Å². The summed E-state index contributed by atoms with van der Waals surface area (Å²) in [6, 6.07) is 1.81. The maximum atomic E-state index is 12.0. The molecule has 0 aromatic carbocycles. The van der Waals surface area contributed by atoms with E-state index in [2.05, 4.69) is 16.6 Å². The minimum absolute atomic E-state index is 0.0564. The van der Waals surface area contributed by atoms with Crippen LogP contribution in [0.2, 0.25) is 0 Å². The Morgan fingerprint density at radius 3 is 3.19 bits per heavy atom. The van der Waals surface area contributed by atoms with Gasteiger partial charge in [-0.25, -0.2) is 0 Å². The second kappa shape index (κ2) is 4.65. The van der Waals surface area contributed by atoms with Gasteiger partial charge in [-0.3, -0.25) is 4.79 Å². The van der Waals surface area contributed by atoms with E-state index in [1.165, 1.54) is 6.26 Å². The molecule has 0 bridgehead atoms. The molecule has 0 radical (unpaired) electrons. The van der Waals surface area contributed by atoms with E-state index < -0.39 is 0 Å². The third kappa shape index (κ3) is 2.09. The molecule has 0 spiro atoms. The molecule has 2 atom stereocenters. The summed E-state index contributed by atoms with van der Waals surface area (Å²) >= 11 is 0. The van der Waals surface area contributed by atoms with Gasteiger partial charge in [0, 0.05) is 25.2 Å². The molecule has 0 aliphatic carbocycles. The van der Waals surface area contributed by atoms with Gasteiger partial charge in [0.25, 0.3) is 5.91 Å². The number of amides is 1. The van der Waals surface area contributed by atoms with Crippen LogP contribution in [0, 0.1) is 5.92 Å². The molecule has 1 aliphatic heterocycles.